The number of hydrogen-bond acceptors (Lipinski definition) is 4. The Morgan fingerprint density at radius 1 is 1.04 bits per heavy atom. The van der Waals surface area contributed by atoms with Gasteiger partial charge in [-0.1, -0.05) is 35.9 Å². The molecule has 27 heavy (non-hydrogen) atoms. The Morgan fingerprint density at radius 2 is 1.74 bits per heavy atom. The second-order valence-electron chi connectivity index (χ2n) is 5.97. The number of benzene rings is 2. The molecule has 1 aromatic heterocycles. The smallest absolute Gasteiger partial charge is 0.221 e. The zero-order valence-corrected chi connectivity index (χ0v) is 15.9. The molecule has 3 rings (SSSR count). The van der Waals surface area contributed by atoms with Crippen LogP contribution in [0.25, 0.3) is 11.3 Å². The maximum absolute atomic E-state index is 12.2. The van der Waals surface area contributed by atoms with Gasteiger partial charge >= 0.3 is 0 Å². The predicted octanol–water partition coefficient (Wildman–Crippen LogP) is 3.21. The Balaban J connectivity index is 1.50. The largest absolute Gasteiger partial charge is 0.352 e. The molecule has 6 nitrogen and oxygen atoms in total. The van der Waals surface area contributed by atoms with Crippen LogP contribution in [0.4, 0.5) is 0 Å². The van der Waals surface area contributed by atoms with Crippen molar-refractivity contribution in [3.8, 4) is 11.3 Å². The molecular weight excluding hydrogens is 386 g/mol. The molecule has 0 fully saturated rings. The summed E-state index contributed by atoms with van der Waals surface area (Å²) in [6.45, 7) is 0.336. The van der Waals surface area contributed by atoms with Gasteiger partial charge in [0.15, 0.2) is 9.84 Å². The topological polar surface area (TPSA) is 91.9 Å². The van der Waals surface area contributed by atoms with E-state index in [1.165, 1.54) is 24.3 Å². The van der Waals surface area contributed by atoms with E-state index in [9.17, 15) is 13.2 Å². The summed E-state index contributed by atoms with van der Waals surface area (Å²) in [6, 6.07) is 15.5. The summed E-state index contributed by atoms with van der Waals surface area (Å²) in [7, 11) is -3.51. The first kappa shape index (κ1) is 19.1. The first-order valence-corrected chi connectivity index (χ1v) is 10.3. The molecule has 0 aliphatic rings. The average molecular weight is 404 g/mol. The van der Waals surface area contributed by atoms with Gasteiger partial charge in [0, 0.05) is 24.2 Å². The number of halogens is 1. The highest BCUT2D eigenvalue weighted by Crippen LogP contribution is 2.17. The lowest BCUT2D eigenvalue weighted by Crippen LogP contribution is -2.25. The lowest BCUT2D eigenvalue weighted by atomic mass is 10.1. The molecular formula is C19H18ClN3O3S. The number of hydrogen-bond donors (Lipinski definition) is 2. The SMILES string of the molecule is O=C(CCS(=O)(=O)c1ccc(Cl)cc1)NCc1ccc(-c2ccn[nH]2)cc1. The highest BCUT2D eigenvalue weighted by Gasteiger charge is 2.16. The van der Waals surface area contributed by atoms with Gasteiger partial charge in [-0.3, -0.25) is 9.89 Å². The van der Waals surface area contributed by atoms with Gasteiger partial charge < -0.3 is 5.32 Å². The van der Waals surface area contributed by atoms with Gasteiger partial charge in [0.1, 0.15) is 0 Å². The summed E-state index contributed by atoms with van der Waals surface area (Å²) in [4.78, 5) is 12.2. The summed E-state index contributed by atoms with van der Waals surface area (Å²) in [5, 5.41) is 10.0. The molecule has 8 heteroatoms. The second-order valence-corrected chi connectivity index (χ2v) is 8.51. The summed E-state index contributed by atoms with van der Waals surface area (Å²) < 4.78 is 24.5. The minimum atomic E-state index is -3.51. The van der Waals surface area contributed by atoms with Gasteiger partial charge in [0.2, 0.25) is 5.91 Å². The van der Waals surface area contributed by atoms with E-state index >= 15 is 0 Å². The first-order chi connectivity index (χ1) is 12.9. The Kier molecular flexibility index (Phi) is 5.93. The third-order valence-electron chi connectivity index (χ3n) is 4.03. The third-order valence-corrected chi connectivity index (χ3v) is 6.01. The van der Waals surface area contributed by atoms with Crippen LogP contribution in [0.15, 0.2) is 65.7 Å². The van der Waals surface area contributed by atoms with Crippen LogP contribution < -0.4 is 5.32 Å². The maximum atomic E-state index is 12.2. The number of aromatic nitrogens is 2. The van der Waals surface area contributed by atoms with Gasteiger partial charge in [-0.2, -0.15) is 5.10 Å². The molecule has 1 heterocycles. The third kappa shape index (κ3) is 5.18. The fraction of sp³-hybridized carbons (Fsp3) is 0.158. The van der Waals surface area contributed by atoms with Crippen molar-refractivity contribution in [1.82, 2.24) is 15.5 Å². The Bertz CT molecular complexity index is 999. The van der Waals surface area contributed by atoms with Crippen molar-refractivity contribution in [2.75, 3.05) is 5.75 Å². The van der Waals surface area contributed by atoms with Crippen molar-refractivity contribution in [3.63, 3.8) is 0 Å². The molecule has 0 spiro atoms. The highest BCUT2D eigenvalue weighted by atomic mass is 35.5. The molecule has 2 N–H and O–H groups in total. The van der Waals surface area contributed by atoms with Crippen LogP contribution in [0.3, 0.4) is 0 Å². The van der Waals surface area contributed by atoms with Gasteiger partial charge in [-0.15, -0.1) is 0 Å². The minimum absolute atomic E-state index is 0.100. The molecule has 0 unspecified atom stereocenters. The van der Waals surface area contributed by atoms with E-state index in [1.54, 1.807) is 6.20 Å². The Hall–Kier alpha value is -2.64. The van der Waals surface area contributed by atoms with Crippen molar-refractivity contribution in [1.29, 1.82) is 0 Å². The van der Waals surface area contributed by atoms with E-state index in [2.05, 4.69) is 15.5 Å². The van der Waals surface area contributed by atoms with Crippen molar-refractivity contribution in [2.45, 2.75) is 17.9 Å². The molecule has 0 aliphatic heterocycles. The van der Waals surface area contributed by atoms with Crippen LogP contribution in [-0.2, 0) is 21.2 Å². The fourth-order valence-electron chi connectivity index (χ4n) is 2.49. The number of aromatic amines is 1. The molecule has 0 saturated heterocycles. The zero-order chi connectivity index (χ0) is 19.3. The fourth-order valence-corrected chi connectivity index (χ4v) is 3.86. The number of nitrogens with zero attached hydrogens (tertiary/aromatic N) is 1. The second kappa shape index (κ2) is 8.37. The summed E-state index contributed by atoms with van der Waals surface area (Å²) >= 11 is 5.76. The normalized spacial score (nSPS) is 11.3. The molecule has 0 atom stereocenters. The number of H-pyrrole nitrogens is 1. The molecule has 0 saturated carbocycles. The Labute approximate surface area is 162 Å². The maximum Gasteiger partial charge on any atom is 0.221 e. The lowest BCUT2D eigenvalue weighted by molar-refractivity contribution is -0.120. The van der Waals surface area contributed by atoms with Crippen molar-refractivity contribution < 1.29 is 13.2 Å². The van der Waals surface area contributed by atoms with E-state index in [0.717, 1.165) is 16.8 Å². The first-order valence-electron chi connectivity index (χ1n) is 8.28. The van der Waals surface area contributed by atoms with Crippen LogP contribution in [-0.4, -0.2) is 30.3 Å². The van der Waals surface area contributed by atoms with Gasteiger partial charge in [0.25, 0.3) is 0 Å². The number of nitrogens with one attached hydrogen (secondary N) is 2. The monoisotopic (exact) mass is 403 g/mol. The summed E-state index contributed by atoms with van der Waals surface area (Å²) in [5.41, 5.74) is 2.83. The van der Waals surface area contributed by atoms with Crippen molar-refractivity contribution in [3.05, 3.63) is 71.4 Å². The van der Waals surface area contributed by atoms with Crippen LogP contribution in [0.2, 0.25) is 5.02 Å². The van der Waals surface area contributed by atoms with Gasteiger partial charge in [-0.25, -0.2) is 8.42 Å². The van der Waals surface area contributed by atoms with E-state index in [1.807, 2.05) is 30.3 Å². The van der Waals surface area contributed by atoms with Crippen molar-refractivity contribution >= 4 is 27.3 Å². The highest BCUT2D eigenvalue weighted by molar-refractivity contribution is 7.91. The standard InChI is InChI=1S/C19H18ClN3O3S/c20-16-5-7-17(8-6-16)27(25,26)12-10-19(24)21-13-14-1-3-15(4-2-14)18-9-11-22-23-18/h1-9,11H,10,12-13H2,(H,21,24)(H,22,23). The molecule has 2 aromatic carbocycles. The number of sulfone groups is 1. The quantitative estimate of drug-likeness (QED) is 0.633. The molecule has 1 amide bonds. The molecule has 0 aliphatic carbocycles. The van der Waals surface area contributed by atoms with Gasteiger partial charge in [-0.05, 0) is 41.5 Å². The van der Waals surface area contributed by atoms with Crippen molar-refractivity contribution in [2.24, 2.45) is 0 Å². The summed E-state index contributed by atoms with van der Waals surface area (Å²) in [5.74, 6) is -0.565. The van der Waals surface area contributed by atoms with E-state index < -0.39 is 9.84 Å². The van der Waals surface area contributed by atoms with E-state index in [0.29, 0.717) is 11.6 Å². The van der Waals surface area contributed by atoms with E-state index in [-0.39, 0.29) is 23.0 Å². The van der Waals surface area contributed by atoms with Crippen LogP contribution in [0.1, 0.15) is 12.0 Å². The average Bonchev–Trinajstić information content (AvgIpc) is 3.20. The molecule has 3 aromatic rings. The van der Waals surface area contributed by atoms with E-state index in [4.69, 9.17) is 11.6 Å². The number of carbonyl (C=O) groups excluding carboxylic acids is 1. The lowest BCUT2D eigenvalue weighted by Gasteiger charge is -2.07. The zero-order valence-electron chi connectivity index (χ0n) is 14.4. The molecule has 0 bridgehead atoms. The number of carbonyl (C=O) groups is 1. The minimum Gasteiger partial charge on any atom is -0.352 e. The molecule has 140 valence electrons. The summed E-state index contributed by atoms with van der Waals surface area (Å²) in [6.07, 6.45) is 1.58. The van der Waals surface area contributed by atoms with Crippen LogP contribution in [0.5, 0.6) is 0 Å². The molecule has 0 radical (unpaired) electrons. The van der Waals surface area contributed by atoms with Crippen LogP contribution in [0, 0.1) is 0 Å². The predicted molar refractivity (Wildman–Crippen MR) is 104 cm³/mol. The van der Waals surface area contributed by atoms with Crippen LogP contribution >= 0.6 is 11.6 Å². The number of amides is 1. The van der Waals surface area contributed by atoms with Gasteiger partial charge in [0.05, 0.1) is 16.3 Å². The number of rotatable bonds is 7. The Morgan fingerprint density at radius 3 is 2.37 bits per heavy atom.